The third-order valence-electron chi connectivity index (χ3n) is 3.30. The first kappa shape index (κ1) is 12.5. The molecule has 1 fully saturated rings. The molecule has 0 aromatic carbocycles. The van der Waals surface area contributed by atoms with Crippen molar-refractivity contribution in [1.82, 2.24) is 0 Å². The molecule has 1 heterocycles. The van der Waals surface area contributed by atoms with Crippen molar-refractivity contribution in [3.63, 3.8) is 0 Å². The maximum Gasteiger partial charge on any atom is 0.0784 e. The summed E-state index contributed by atoms with van der Waals surface area (Å²) in [7, 11) is -1.30. The zero-order valence-corrected chi connectivity index (χ0v) is 12.4. The molecule has 0 aromatic heterocycles. The second-order valence-corrected chi connectivity index (χ2v) is 11.2. The third kappa shape index (κ3) is 2.49. The Balaban J connectivity index is 2.23. The zero-order valence-electron chi connectivity index (χ0n) is 11.4. The van der Waals surface area contributed by atoms with Crippen LogP contribution in [-0.2, 0) is 4.74 Å². The predicted molar refractivity (Wildman–Crippen MR) is 75.5 cm³/mol. The Bertz CT molecular complexity index is 399. The maximum absolute atomic E-state index is 5.78. The highest BCUT2D eigenvalue weighted by Gasteiger charge is 2.26. The van der Waals surface area contributed by atoms with E-state index in [1.165, 1.54) is 10.8 Å². The quantitative estimate of drug-likeness (QED) is 0.677. The van der Waals surface area contributed by atoms with E-state index in [0.29, 0.717) is 12.0 Å². The number of allylic oxidation sites excluding steroid dienone is 5. The van der Waals surface area contributed by atoms with Gasteiger partial charge < -0.3 is 10.1 Å². The molecule has 0 N–H and O–H groups in total. The van der Waals surface area contributed by atoms with Gasteiger partial charge in [0.2, 0.25) is 0 Å². The second kappa shape index (κ2) is 4.37. The Morgan fingerprint density at radius 3 is 2.59 bits per heavy atom. The average Bonchev–Trinajstić information content (AvgIpc) is 2.85. The number of hydrogen-bond acceptors (Lipinski definition) is 1. The summed E-state index contributed by atoms with van der Waals surface area (Å²) < 4.78 is 5.78. The topological polar surface area (TPSA) is 23.3 Å². The Labute approximate surface area is 105 Å². The smallest absolute Gasteiger partial charge is 0.0784 e. The van der Waals surface area contributed by atoms with Crippen molar-refractivity contribution in [2.24, 2.45) is 5.92 Å². The molecule has 94 valence electrons. The number of rotatable bonds is 2. The normalized spacial score (nSPS) is 28.4. The molecule has 0 saturated carbocycles. The molecular weight excluding hydrogens is 226 g/mol. The van der Waals surface area contributed by atoms with Crippen LogP contribution in [0, 0.1) is 5.92 Å². The fourth-order valence-corrected chi connectivity index (χ4v) is 3.73. The lowest BCUT2D eigenvalue weighted by atomic mass is 10.1. The van der Waals surface area contributed by atoms with Gasteiger partial charge in [0.15, 0.2) is 0 Å². The molecule has 0 spiro atoms. The van der Waals surface area contributed by atoms with Gasteiger partial charge in [-0.2, -0.15) is 0 Å². The summed E-state index contributed by atoms with van der Waals surface area (Å²) in [4.78, 5) is 0. The summed E-state index contributed by atoms with van der Waals surface area (Å²) >= 11 is 0. The summed E-state index contributed by atoms with van der Waals surface area (Å²) in [5.74, 6) is 1.42. The van der Waals surface area contributed by atoms with Gasteiger partial charge in [-0.25, -0.2) is 0 Å². The Morgan fingerprint density at radius 1 is 1.35 bits per heavy atom. The van der Waals surface area contributed by atoms with Crippen LogP contribution < -0.4 is 0 Å². The van der Waals surface area contributed by atoms with Crippen molar-refractivity contribution in [3.8, 4) is 0 Å². The number of ether oxygens (including phenoxy) is 1. The third-order valence-corrected chi connectivity index (χ3v) is 5.35. The van der Waals surface area contributed by atoms with E-state index in [9.17, 15) is 0 Å². The largest absolute Gasteiger partial charge is 0.648 e. The van der Waals surface area contributed by atoms with Gasteiger partial charge in [0.25, 0.3) is 0 Å². The highest BCUT2D eigenvalue weighted by atomic mass is 28.3. The minimum Gasteiger partial charge on any atom is -0.648 e. The van der Waals surface area contributed by atoms with Gasteiger partial charge in [-0.1, -0.05) is 68.9 Å². The predicted octanol–water partition coefficient (Wildman–Crippen LogP) is 4.00. The minimum absolute atomic E-state index is 0.328. The van der Waals surface area contributed by atoms with Gasteiger partial charge in [0, 0.05) is 5.88 Å². The van der Waals surface area contributed by atoms with Crippen molar-refractivity contribution in [2.45, 2.75) is 39.5 Å². The van der Waals surface area contributed by atoms with E-state index in [0.717, 1.165) is 12.5 Å². The van der Waals surface area contributed by atoms with E-state index in [2.05, 4.69) is 51.7 Å². The van der Waals surface area contributed by atoms with E-state index in [-0.39, 0.29) is 0 Å². The van der Waals surface area contributed by atoms with E-state index >= 15 is 0 Å². The Hall–Kier alpha value is -0.963. The molecule has 1 unspecified atom stereocenters. The molecule has 0 bridgehead atoms. The van der Waals surface area contributed by atoms with Crippen LogP contribution in [0.2, 0.25) is 19.6 Å². The molecule has 1 aliphatic heterocycles. The van der Waals surface area contributed by atoms with Crippen LogP contribution in [0.4, 0.5) is 0 Å². The van der Waals surface area contributed by atoms with Crippen LogP contribution >= 0.6 is 0 Å². The molecule has 0 aromatic rings. The van der Waals surface area contributed by atoms with E-state index in [1.807, 2.05) is 0 Å². The Kier molecular flexibility index (Phi) is 3.21. The molecule has 0 amide bonds. The minimum atomic E-state index is -1.30. The van der Waals surface area contributed by atoms with Gasteiger partial charge in [-0.05, 0) is 5.57 Å². The van der Waals surface area contributed by atoms with Crippen molar-refractivity contribution in [1.29, 1.82) is 0 Å². The lowest BCUT2D eigenvalue weighted by Crippen LogP contribution is -2.24. The number of nitrogens with zero attached hydrogens (tertiary/aromatic N) is 1. The van der Waals surface area contributed by atoms with Crippen LogP contribution in [0.1, 0.15) is 13.8 Å². The molecular formula is C14H22NOSi-. The summed E-state index contributed by atoms with van der Waals surface area (Å²) in [6, 6.07) is 0.328. The lowest BCUT2D eigenvalue weighted by Gasteiger charge is -2.28. The second-order valence-electron chi connectivity index (χ2n) is 6.16. The SMILES string of the molecule is CC(C)C1CO/C(=C2\C=CC=C2[Si](C)(C)C)[N-]1. The van der Waals surface area contributed by atoms with Crippen molar-refractivity contribution in [3.05, 3.63) is 40.2 Å². The standard InChI is InChI=1S/C14H22NOSi/c1-10(2)12-9-16-14(15-12)11-7-6-8-13(11)17(3,4)5/h6-8,10,12H,9H2,1-5H3/q-1/b14-11+. The summed E-state index contributed by atoms with van der Waals surface area (Å²) in [6.07, 6.45) is 6.50. The van der Waals surface area contributed by atoms with Crippen LogP contribution in [0.25, 0.3) is 5.32 Å². The highest BCUT2D eigenvalue weighted by Crippen LogP contribution is 2.37. The van der Waals surface area contributed by atoms with Crippen LogP contribution in [0.3, 0.4) is 0 Å². The molecule has 0 radical (unpaired) electrons. The summed E-state index contributed by atoms with van der Waals surface area (Å²) in [5, 5.41) is 6.18. The lowest BCUT2D eigenvalue weighted by molar-refractivity contribution is 0.243. The first-order valence-corrected chi connectivity index (χ1v) is 9.86. The van der Waals surface area contributed by atoms with Crippen molar-refractivity contribution < 1.29 is 4.74 Å². The molecule has 1 aliphatic carbocycles. The molecule has 3 heteroatoms. The van der Waals surface area contributed by atoms with E-state index < -0.39 is 8.07 Å². The molecule has 2 aliphatic rings. The van der Waals surface area contributed by atoms with Gasteiger partial charge in [0.05, 0.1) is 14.7 Å². The van der Waals surface area contributed by atoms with Crippen LogP contribution in [0.5, 0.6) is 0 Å². The van der Waals surface area contributed by atoms with Gasteiger partial charge in [-0.3, -0.25) is 0 Å². The summed E-state index contributed by atoms with van der Waals surface area (Å²) in [5.41, 5.74) is 1.23. The van der Waals surface area contributed by atoms with Crippen molar-refractivity contribution >= 4 is 8.07 Å². The van der Waals surface area contributed by atoms with Crippen LogP contribution in [-0.4, -0.2) is 20.7 Å². The molecule has 1 saturated heterocycles. The fourth-order valence-electron chi connectivity index (χ4n) is 2.14. The van der Waals surface area contributed by atoms with Gasteiger partial charge >= 0.3 is 0 Å². The monoisotopic (exact) mass is 248 g/mol. The van der Waals surface area contributed by atoms with Crippen LogP contribution in [0.15, 0.2) is 34.9 Å². The van der Waals surface area contributed by atoms with Gasteiger partial charge in [0.1, 0.15) is 0 Å². The average molecular weight is 248 g/mol. The molecule has 17 heavy (non-hydrogen) atoms. The molecule has 2 rings (SSSR count). The molecule has 1 atom stereocenters. The number of hydrogen-bond donors (Lipinski definition) is 0. The Morgan fingerprint density at radius 2 is 2.06 bits per heavy atom. The van der Waals surface area contributed by atoms with Crippen molar-refractivity contribution in [2.75, 3.05) is 6.61 Å². The van der Waals surface area contributed by atoms with E-state index in [1.54, 1.807) is 0 Å². The molecule has 2 nitrogen and oxygen atoms in total. The van der Waals surface area contributed by atoms with E-state index in [4.69, 9.17) is 10.1 Å². The highest BCUT2D eigenvalue weighted by molar-refractivity contribution is 6.84. The first-order chi connectivity index (χ1) is 7.89. The summed E-state index contributed by atoms with van der Waals surface area (Å²) in [6.45, 7) is 12.2. The zero-order chi connectivity index (χ0) is 12.6. The van der Waals surface area contributed by atoms with Gasteiger partial charge in [-0.15, -0.1) is 0 Å². The maximum atomic E-state index is 5.78. The first-order valence-electron chi connectivity index (χ1n) is 6.36. The fraction of sp³-hybridized carbons (Fsp3) is 0.571.